The van der Waals surface area contributed by atoms with Gasteiger partial charge in [-0.05, 0) is 47.7 Å². The van der Waals surface area contributed by atoms with E-state index in [1.54, 1.807) is 31.4 Å². The predicted octanol–water partition coefficient (Wildman–Crippen LogP) is 3.48. The number of amides is 1. The number of amidine groups is 1. The number of ether oxygens (including phenoxy) is 3. The zero-order valence-corrected chi connectivity index (χ0v) is 14.1. The first kappa shape index (κ1) is 15.6. The van der Waals surface area contributed by atoms with E-state index in [1.807, 2.05) is 24.3 Å². The second-order valence-electron chi connectivity index (χ2n) is 5.37. The van der Waals surface area contributed by atoms with Crippen molar-refractivity contribution >= 4 is 34.6 Å². The highest BCUT2D eigenvalue weighted by Gasteiger charge is 2.34. The van der Waals surface area contributed by atoms with Crippen LogP contribution in [0.15, 0.2) is 47.4 Å². The Morgan fingerprint density at radius 3 is 2.68 bits per heavy atom. The third-order valence-electron chi connectivity index (χ3n) is 3.85. The molecule has 7 heteroatoms. The molecule has 126 valence electrons. The van der Waals surface area contributed by atoms with Crippen LogP contribution in [-0.2, 0) is 4.79 Å². The molecule has 2 aromatic carbocycles. The summed E-state index contributed by atoms with van der Waals surface area (Å²) in [6.45, 7) is 0.168. The number of rotatable bonds is 3. The van der Waals surface area contributed by atoms with E-state index < -0.39 is 0 Å². The van der Waals surface area contributed by atoms with Crippen LogP contribution in [0.3, 0.4) is 0 Å². The molecule has 0 atom stereocenters. The van der Waals surface area contributed by atoms with E-state index in [-0.39, 0.29) is 17.9 Å². The van der Waals surface area contributed by atoms with Gasteiger partial charge in [-0.2, -0.15) is 0 Å². The summed E-state index contributed by atoms with van der Waals surface area (Å²) in [5.41, 5.74) is 1.46. The smallest absolute Gasteiger partial charge is 0.271 e. The van der Waals surface area contributed by atoms with Crippen LogP contribution in [0.5, 0.6) is 17.2 Å². The molecule has 1 saturated heterocycles. The number of hydrogen-bond donors (Lipinski definition) is 1. The third kappa shape index (κ3) is 2.83. The molecule has 4 rings (SSSR count). The molecule has 0 aliphatic carbocycles. The van der Waals surface area contributed by atoms with Crippen LogP contribution in [0, 0.1) is 5.41 Å². The van der Waals surface area contributed by atoms with Gasteiger partial charge in [0.15, 0.2) is 16.7 Å². The lowest BCUT2D eigenvalue weighted by molar-refractivity contribution is -0.113. The molecule has 2 aliphatic rings. The first-order valence-corrected chi connectivity index (χ1v) is 8.33. The molecular formula is C18H14N2O4S. The number of carbonyl (C=O) groups is 1. The summed E-state index contributed by atoms with van der Waals surface area (Å²) in [5, 5.41) is 8.32. The minimum absolute atomic E-state index is 0.156. The molecular weight excluding hydrogens is 340 g/mol. The fraction of sp³-hybridized carbons (Fsp3) is 0.111. The highest BCUT2D eigenvalue weighted by molar-refractivity contribution is 8.19. The van der Waals surface area contributed by atoms with Crippen LogP contribution >= 0.6 is 11.8 Å². The molecule has 2 aliphatic heterocycles. The third-order valence-corrected chi connectivity index (χ3v) is 4.74. The van der Waals surface area contributed by atoms with Crippen LogP contribution in [0.1, 0.15) is 5.56 Å². The topological polar surface area (TPSA) is 71.8 Å². The van der Waals surface area contributed by atoms with Crippen LogP contribution in [-0.4, -0.2) is 25.0 Å². The number of hydrogen-bond acceptors (Lipinski definition) is 6. The van der Waals surface area contributed by atoms with E-state index in [2.05, 4.69) is 0 Å². The number of anilines is 1. The van der Waals surface area contributed by atoms with Crippen molar-refractivity contribution in [1.29, 1.82) is 5.41 Å². The van der Waals surface area contributed by atoms with Crippen LogP contribution in [0.25, 0.3) is 6.08 Å². The second kappa shape index (κ2) is 6.18. The Morgan fingerprint density at radius 2 is 1.92 bits per heavy atom. The summed E-state index contributed by atoms with van der Waals surface area (Å²) in [7, 11) is 1.61. The van der Waals surface area contributed by atoms with Gasteiger partial charge in [-0.3, -0.25) is 15.1 Å². The van der Waals surface area contributed by atoms with Crippen LogP contribution in [0.4, 0.5) is 5.69 Å². The van der Waals surface area contributed by atoms with Gasteiger partial charge in [0.05, 0.1) is 17.7 Å². The highest BCUT2D eigenvalue weighted by atomic mass is 32.2. The van der Waals surface area contributed by atoms with Gasteiger partial charge in [0, 0.05) is 6.07 Å². The molecule has 0 saturated carbocycles. The van der Waals surface area contributed by atoms with E-state index in [9.17, 15) is 4.79 Å². The maximum atomic E-state index is 12.7. The number of benzene rings is 2. The first-order chi connectivity index (χ1) is 12.2. The van der Waals surface area contributed by atoms with Gasteiger partial charge in [-0.25, -0.2) is 0 Å². The van der Waals surface area contributed by atoms with E-state index in [0.717, 1.165) is 23.1 Å². The van der Waals surface area contributed by atoms with Crippen molar-refractivity contribution in [3.63, 3.8) is 0 Å². The first-order valence-electron chi connectivity index (χ1n) is 7.52. The maximum Gasteiger partial charge on any atom is 0.271 e. The molecule has 1 fully saturated rings. The number of methoxy groups -OCH3 is 1. The Hall–Kier alpha value is -2.93. The lowest BCUT2D eigenvalue weighted by atomic mass is 10.2. The lowest BCUT2D eigenvalue weighted by Crippen LogP contribution is -2.28. The molecule has 2 aromatic rings. The number of thioether (sulfide) groups is 1. The van der Waals surface area contributed by atoms with Gasteiger partial charge < -0.3 is 14.2 Å². The molecule has 0 spiro atoms. The average Bonchev–Trinajstić information content (AvgIpc) is 3.19. The quantitative estimate of drug-likeness (QED) is 0.855. The molecule has 1 N–H and O–H groups in total. The zero-order chi connectivity index (χ0) is 17.4. The van der Waals surface area contributed by atoms with E-state index in [4.69, 9.17) is 19.6 Å². The SMILES string of the molecule is COc1ccc(C=C2SC(=N)N(c3ccc4c(c3)OCO4)C2=O)cc1. The highest BCUT2D eigenvalue weighted by Crippen LogP contribution is 2.40. The van der Waals surface area contributed by atoms with Gasteiger partial charge in [0.25, 0.3) is 5.91 Å². The maximum absolute atomic E-state index is 12.7. The van der Waals surface area contributed by atoms with Crippen molar-refractivity contribution in [1.82, 2.24) is 0 Å². The van der Waals surface area contributed by atoms with E-state index >= 15 is 0 Å². The number of carbonyl (C=O) groups excluding carboxylic acids is 1. The molecule has 25 heavy (non-hydrogen) atoms. The summed E-state index contributed by atoms with van der Waals surface area (Å²) in [5.74, 6) is 1.74. The Kier molecular flexibility index (Phi) is 3.85. The largest absolute Gasteiger partial charge is 0.497 e. The van der Waals surface area contributed by atoms with Gasteiger partial charge in [-0.15, -0.1) is 0 Å². The fourth-order valence-electron chi connectivity index (χ4n) is 2.60. The summed E-state index contributed by atoms with van der Waals surface area (Å²) in [6.07, 6.45) is 1.77. The fourth-order valence-corrected chi connectivity index (χ4v) is 3.46. The molecule has 0 unspecified atom stereocenters. The zero-order valence-electron chi connectivity index (χ0n) is 13.3. The lowest BCUT2D eigenvalue weighted by Gasteiger charge is -2.14. The standard InChI is InChI=1S/C18H14N2O4S/c1-22-13-5-2-11(3-6-13)8-16-17(21)20(18(19)25-16)12-4-7-14-15(9-12)24-10-23-14/h2-9,19H,10H2,1H3. The Bertz CT molecular complexity index is 892. The van der Waals surface area contributed by atoms with Gasteiger partial charge in [0.1, 0.15) is 5.75 Å². The molecule has 6 nitrogen and oxygen atoms in total. The summed E-state index contributed by atoms with van der Waals surface area (Å²) >= 11 is 1.13. The normalized spacial score (nSPS) is 17.5. The minimum Gasteiger partial charge on any atom is -0.497 e. The Labute approximate surface area is 148 Å². The Morgan fingerprint density at radius 1 is 1.16 bits per heavy atom. The van der Waals surface area contributed by atoms with Crippen molar-refractivity contribution in [2.75, 3.05) is 18.8 Å². The van der Waals surface area contributed by atoms with E-state index in [0.29, 0.717) is 22.1 Å². The second-order valence-corrected chi connectivity index (χ2v) is 6.40. The van der Waals surface area contributed by atoms with Crippen molar-refractivity contribution in [2.45, 2.75) is 0 Å². The van der Waals surface area contributed by atoms with Gasteiger partial charge in [0.2, 0.25) is 6.79 Å². The van der Waals surface area contributed by atoms with E-state index in [1.165, 1.54) is 4.90 Å². The minimum atomic E-state index is -0.232. The molecule has 2 heterocycles. The number of fused-ring (bicyclic) bond motifs is 1. The van der Waals surface area contributed by atoms with Crippen molar-refractivity contribution in [2.24, 2.45) is 0 Å². The monoisotopic (exact) mass is 354 g/mol. The van der Waals surface area contributed by atoms with Gasteiger partial charge >= 0.3 is 0 Å². The molecule has 0 aromatic heterocycles. The van der Waals surface area contributed by atoms with Crippen molar-refractivity contribution < 1.29 is 19.0 Å². The van der Waals surface area contributed by atoms with Crippen molar-refractivity contribution in [3.05, 3.63) is 52.9 Å². The summed E-state index contributed by atoms with van der Waals surface area (Å²) < 4.78 is 15.8. The molecule has 1 amide bonds. The number of nitrogens with one attached hydrogen (secondary N) is 1. The number of nitrogens with zero attached hydrogens (tertiary/aromatic N) is 1. The van der Waals surface area contributed by atoms with Gasteiger partial charge in [-0.1, -0.05) is 12.1 Å². The summed E-state index contributed by atoms with van der Waals surface area (Å²) in [4.78, 5) is 14.6. The van der Waals surface area contributed by atoms with Crippen LogP contribution < -0.4 is 19.1 Å². The Balaban J connectivity index is 1.62. The summed E-state index contributed by atoms with van der Waals surface area (Å²) in [6, 6.07) is 12.6. The van der Waals surface area contributed by atoms with Crippen LogP contribution in [0.2, 0.25) is 0 Å². The molecule has 0 radical (unpaired) electrons. The average molecular weight is 354 g/mol. The molecule has 0 bridgehead atoms. The predicted molar refractivity (Wildman–Crippen MR) is 96.3 cm³/mol. The van der Waals surface area contributed by atoms with Crippen molar-refractivity contribution in [3.8, 4) is 17.2 Å².